The van der Waals surface area contributed by atoms with Crippen molar-refractivity contribution in [2.75, 3.05) is 12.4 Å². The second-order valence-corrected chi connectivity index (χ2v) is 6.10. The molecule has 0 spiro atoms. The van der Waals surface area contributed by atoms with Crippen LogP contribution in [-0.4, -0.2) is 12.7 Å². The lowest BCUT2D eigenvalue weighted by molar-refractivity contribution is 0.118. The largest absolute Gasteiger partial charge is 0.495 e. The maximum atomic E-state index is 6.10. The molecule has 21 heavy (non-hydrogen) atoms. The van der Waals surface area contributed by atoms with Crippen molar-refractivity contribution in [3.63, 3.8) is 0 Å². The summed E-state index contributed by atoms with van der Waals surface area (Å²) in [5.74, 6) is 1.68. The van der Waals surface area contributed by atoms with Gasteiger partial charge in [0.15, 0.2) is 0 Å². The fourth-order valence-corrected chi connectivity index (χ4v) is 2.90. The van der Waals surface area contributed by atoms with Crippen molar-refractivity contribution in [1.29, 1.82) is 0 Å². The summed E-state index contributed by atoms with van der Waals surface area (Å²) in [6.07, 6.45) is 0. The van der Waals surface area contributed by atoms with E-state index in [0.717, 1.165) is 22.7 Å². The predicted octanol–water partition coefficient (Wildman–Crippen LogP) is 4.67. The number of rotatable bonds is 3. The monoisotopic (exact) mass is 303 g/mol. The van der Waals surface area contributed by atoms with Gasteiger partial charge in [0, 0.05) is 10.6 Å². The van der Waals surface area contributed by atoms with Crippen LogP contribution in [0, 0.1) is 0 Å². The summed E-state index contributed by atoms with van der Waals surface area (Å²) in [5, 5.41) is 4.18. The SMILES string of the molecule is COc1ccc(Cl)cc1NC1c2ccccc2OC1(C)C. The van der Waals surface area contributed by atoms with Gasteiger partial charge in [-0.3, -0.25) is 0 Å². The number of para-hydroxylation sites is 1. The highest BCUT2D eigenvalue weighted by Gasteiger charge is 2.41. The minimum atomic E-state index is -0.350. The number of methoxy groups -OCH3 is 1. The van der Waals surface area contributed by atoms with Crippen molar-refractivity contribution in [1.82, 2.24) is 0 Å². The summed E-state index contributed by atoms with van der Waals surface area (Å²) < 4.78 is 11.5. The fourth-order valence-electron chi connectivity index (χ4n) is 2.73. The van der Waals surface area contributed by atoms with E-state index < -0.39 is 0 Å². The zero-order valence-corrected chi connectivity index (χ0v) is 13.1. The first-order valence-electron chi connectivity index (χ1n) is 6.89. The lowest BCUT2D eigenvalue weighted by Gasteiger charge is -2.28. The Kier molecular flexibility index (Phi) is 3.46. The first kappa shape index (κ1) is 14.1. The van der Waals surface area contributed by atoms with E-state index in [2.05, 4.69) is 25.2 Å². The van der Waals surface area contributed by atoms with Crippen LogP contribution in [0.25, 0.3) is 0 Å². The normalized spacial score (nSPS) is 18.8. The molecule has 0 radical (unpaired) electrons. The predicted molar refractivity (Wildman–Crippen MR) is 85.5 cm³/mol. The van der Waals surface area contributed by atoms with Crippen LogP contribution < -0.4 is 14.8 Å². The summed E-state index contributed by atoms with van der Waals surface area (Å²) in [5.41, 5.74) is 1.66. The smallest absolute Gasteiger partial charge is 0.142 e. The number of halogens is 1. The van der Waals surface area contributed by atoms with Crippen LogP contribution in [0.1, 0.15) is 25.5 Å². The molecule has 110 valence electrons. The highest BCUT2D eigenvalue weighted by atomic mass is 35.5. The molecule has 1 aliphatic rings. The van der Waals surface area contributed by atoms with Crippen LogP contribution in [0.4, 0.5) is 5.69 Å². The molecule has 1 heterocycles. The van der Waals surface area contributed by atoms with Gasteiger partial charge in [0.2, 0.25) is 0 Å². The molecule has 0 saturated heterocycles. The van der Waals surface area contributed by atoms with E-state index in [1.165, 1.54) is 0 Å². The molecule has 0 amide bonds. The molecule has 0 aliphatic carbocycles. The number of fused-ring (bicyclic) bond motifs is 1. The topological polar surface area (TPSA) is 30.5 Å². The first-order chi connectivity index (χ1) is 10.0. The summed E-state index contributed by atoms with van der Waals surface area (Å²) in [4.78, 5) is 0. The summed E-state index contributed by atoms with van der Waals surface area (Å²) >= 11 is 6.10. The molecule has 1 aliphatic heterocycles. The van der Waals surface area contributed by atoms with E-state index in [9.17, 15) is 0 Å². The molecule has 2 aromatic rings. The van der Waals surface area contributed by atoms with E-state index in [0.29, 0.717) is 5.02 Å². The lowest BCUT2D eigenvalue weighted by atomic mass is 9.94. The Labute approximate surface area is 129 Å². The van der Waals surface area contributed by atoms with E-state index in [1.807, 2.05) is 36.4 Å². The molecular weight excluding hydrogens is 286 g/mol. The average molecular weight is 304 g/mol. The van der Waals surface area contributed by atoms with Crippen LogP contribution in [0.3, 0.4) is 0 Å². The Hall–Kier alpha value is -1.87. The number of benzene rings is 2. The third kappa shape index (κ3) is 2.54. The van der Waals surface area contributed by atoms with Crippen molar-refractivity contribution in [2.24, 2.45) is 0 Å². The number of anilines is 1. The lowest BCUT2D eigenvalue weighted by Crippen LogP contribution is -2.34. The van der Waals surface area contributed by atoms with Gasteiger partial charge in [-0.05, 0) is 38.1 Å². The van der Waals surface area contributed by atoms with Gasteiger partial charge >= 0.3 is 0 Å². The van der Waals surface area contributed by atoms with Gasteiger partial charge in [0.1, 0.15) is 17.1 Å². The molecule has 3 nitrogen and oxygen atoms in total. The molecular formula is C17H18ClNO2. The molecule has 0 aromatic heterocycles. The Bertz CT molecular complexity index is 670. The third-order valence-electron chi connectivity index (χ3n) is 3.76. The minimum absolute atomic E-state index is 0.0288. The molecule has 0 bridgehead atoms. The van der Waals surface area contributed by atoms with Gasteiger partial charge < -0.3 is 14.8 Å². The molecule has 3 rings (SSSR count). The quantitative estimate of drug-likeness (QED) is 0.893. The third-order valence-corrected chi connectivity index (χ3v) is 3.99. The van der Waals surface area contributed by atoms with Gasteiger partial charge in [-0.25, -0.2) is 0 Å². The average Bonchev–Trinajstić information content (AvgIpc) is 2.70. The second-order valence-electron chi connectivity index (χ2n) is 5.67. The molecule has 1 atom stereocenters. The Morgan fingerprint density at radius 2 is 1.95 bits per heavy atom. The summed E-state index contributed by atoms with van der Waals surface area (Å²) in [7, 11) is 1.65. The van der Waals surface area contributed by atoms with Crippen molar-refractivity contribution >= 4 is 17.3 Å². The molecule has 1 N–H and O–H groups in total. The van der Waals surface area contributed by atoms with Crippen LogP contribution in [-0.2, 0) is 0 Å². The standard InChI is InChI=1S/C17H18ClNO2/c1-17(2)16(12-6-4-5-7-14(12)21-17)19-13-10-11(18)8-9-15(13)20-3/h4-10,16,19H,1-3H3. The molecule has 2 aromatic carbocycles. The van der Waals surface area contributed by atoms with E-state index in [-0.39, 0.29) is 11.6 Å². The van der Waals surface area contributed by atoms with Crippen LogP contribution in [0.5, 0.6) is 11.5 Å². The van der Waals surface area contributed by atoms with Crippen molar-refractivity contribution in [3.05, 3.63) is 53.1 Å². The molecule has 1 unspecified atom stereocenters. The number of hydrogen-bond donors (Lipinski definition) is 1. The van der Waals surface area contributed by atoms with Crippen LogP contribution >= 0.6 is 11.6 Å². The first-order valence-corrected chi connectivity index (χ1v) is 7.27. The maximum absolute atomic E-state index is 6.10. The maximum Gasteiger partial charge on any atom is 0.142 e. The fraction of sp³-hybridized carbons (Fsp3) is 0.294. The molecule has 4 heteroatoms. The second kappa shape index (κ2) is 5.15. The highest BCUT2D eigenvalue weighted by Crippen LogP contribution is 2.45. The van der Waals surface area contributed by atoms with Crippen LogP contribution in [0.2, 0.25) is 5.02 Å². The van der Waals surface area contributed by atoms with Gasteiger partial charge in [-0.1, -0.05) is 29.8 Å². The number of ether oxygens (including phenoxy) is 2. The van der Waals surface area contributed by atoms with E-state index in [4.69, 9.17) is 21.1 Å². The Morgan fingerprint density at radius 3 is 2.71 bits per heavy atom. The van der Waals surface area contributed by atoms with E-state index in [1.54, 1.807) is 7.11 Å². The number of nitrogens with one attached hydrogen (secondary N) is 1. The van der Waals surface area contributed by atoms with Gasteiger partial charge in [-0.15, -0.1) is 0 Å². The summed E-state index contributed by atoms with van der Waals surface area (Å²) in [6, 6.07) is 13.7. The van der Waals surface area contributed by atoms with Crippen LogP contribution in [0.15, 0.2) is 42.5 Å². The Morgan fingerprint density at radius 1 is 1.19 bits per heavy atom. The minimum Gasteiger partial charge on any atom is -0.495 e. The van der Waals surface area contributed by atoms with Crippen molar-refractivity contribution < 1.29 is 9.47 Å². The van der Waals surface area contributed by atoms with Crippen molar-refractivity contribution in [2.45, 2.75) is 25.5 Å². The van der Waals surface area contributed by atoms with Crippen molar-refractivity contribution in [3.8, 4) is 11.5 Å². The summed E-state index contributed by atoms with van der Waals surface area (Å²) in [6.45, 7) is 4.14. The number of hydrogen-bond acceptors (Lipinski definition) is 3. The molecule has 0 saturated carbocycles. The van der Waals surface area contributed by atoms with Gasteiger partial charge in [0.05, 0.1) is 18.8 Å². The highest BCUT2D eigenvalue weighted by molar-refractivity contribution is 6.30. The zero-order chi connectivity index (χ0) is 15.0. The van der Waals surface area contributed by atoms with E-state index >= 15 is 0 Å². The van der Waals surface area contributed by atoms with Gasteiger partial charge in [0.25, 0.3) is 0 Å². The molecule has 0 fully saturated rings. The zero-order valence-electron chi connectivity index (χ0n) is 12.3. The Balaban J connectivity index is 1.99. The van der Waals surface area contributed by atoms with Gasteiger partial charge in [-0.2, -0.15) is 0 Å².